The number of halogens is 1. The van der Waals surface area contributed by atoms with E-state index in [9.17, 15) is 0 Å². The van der Waals surface area contributed by atoms with Crippen molar-refractivity contribution in [3.8, 4) is 11.5 Å². The molecule has 0 amide bonds. The van der Waals surface area contributed by atoms with Gasteiger partial charge >= 0.3 is 0 Å². The maximum atomic E-state index is 6.06. The minimum Gasteiger partial charge on any atom is -0.457 e. The third-order valence-electron chi connectivity index (χ3n) is 3.37. The fourth-order valence-electron chi connectivity index (χ4n) is 2.34. The summed E-state index contributed by atoms with van der Waals surface area (Å²) in [4.78, 5) is 0. The molecule has 1 N–H and O–H groups in total. The van der Waals surface area contributed by atoms with Gasteiger partial charge in [-0.3, -0.25) is 0 Å². The van der Waals surface area contributed by atoms with Crippen molar-refractivity contribution in [3.63, 3.8) is 0 Å². The molecule has 3 heteroatoms. The van der Waals surface area contributed by atoms with E-state index < -0.39 is 0 Å². The lowest BCUT2D eigenvalue weighted by molar-refractivity contribution is 0.487. The predicted octanol–water partition coefficient (Wildman–Crippen LogP) is 5.11. The minimum absolute atomic E-state index is 0.829. The number of benzene rings is 3. The zero-order chi connectivity index (χ0) is 14.7. The van der Waals surface area contributed by atoms with Gasteiger partial charge in [0.2, 0.25) is 0 Å². The van der Waals surface area contributed by atoms with Gasteiger partial charge in [0, 0.05) is 16.4 Å². The van der Waals surface area contributed by atoms with Crippen LogP contribution in [0.3, 0.4) is 0 Å². The van der Waals surface area contributed by atoms with Gasteiger partial charge in [0.1, 0.15) is 11.5 Å². The molecule has 0 radical (unpaired) electrons. The number of hydrogen-bond acceptors (Lipinski definition) is 2. The zero-order valence-electron chi connectivity index (χ0n) is 11.8. The van der Waals surface area contributed by atoms with Crippen molar-refractivity contribution < 1.29 is 4.74 Å². The Kier molecular flexibility index (Phi) is 4.23. The van der Waals surface area contributed by atoms with Crippen LogP contribution in [0.2, 0.25) is 0 Å². The number of rotatable bonds is 4. The van der Waals surface area contributed by atoms with E-state index in [1.54, 1.807) is 0 Å². The molecule has 0 aliphatic heterocycles. The van der Waals surface area contributed by atoms with E-state index in [0.717, 1.165) is 27.9 Å². The van der Waals surface area contributed by atoms with Crippen molar-refractivity contribution in [1.82, 2.24) is 5.32 Å². The van der Waals surface area contributed by atoms with Crippen molar-refractivity contribution in [1.29, 1.82) is 0 Å². The van der Waals surface area contributed by atoms with Crippen molar-refractivity contribution in [3.05, 3.63) is 70.7 Å². The Labute approximate surface area is 132 Å². The first-order valence-electron chi connectivity index (χ1n) is 6.86. The summed E-state index contributed by atoms with van der Waals surface area (Å²) in [5.41, 5.74) is 1.21. The first-order chi connectivity index (χ1) is 10.3. The summed E-state index contributed by atoms with van der Waals surface area (Å²) in [5.74, 6) is 1.71. The van der Waals surface area contributed by atoms with Gasteiger partial charge in [-0.05, 0) is 36.2 Å². The number of fused-ring (bicyclic) bond motifs is 1. The largest absolute Gasteiger partial charge is 0.457 e. The van der Waals surface area contributed by atoms with Crippen molar-refractivity contribution in [2.75, 3.05) is 7.05 Å². The van der Waals surface area contributed by atoms with Gasteiger partial charge in [0.05, 0.1) is 0 Å². The van der Waals surface area contributed by atoms with E-state index in [1.165, 1.54) is 10.9 Å². The van der Waals surface area contributed by atoms with Gasteiger partial charge < -0.3 is 10.1 Å². The molecule has 0 aromatic heterocycles. The van der Waals surface area contributed by atoms with Crippen molar-refractivity contribution >= 4 is 26.7 Å². The molecule has 2 nitrogen and oxygen atoms in total. The van der Waals surface area contributed by atoms with Crippen LogP contribution in [0.5, 0.6) is 11.5 Å². The highest BCUT2D eigenvalue weighted by Gasteiger charge is 2.05. The molecule has 0 fully saturated rings. The van der Waals surface area contributed by atoms with E-state index in [1.807, 2.05) is 43.4 Å². The topological polar surface area (TPSA) is 21.3 Å². The summed E-state index contributed by atoms with van der Waals surface area (Å²) < 4.78 is 7.11. The van der Waals surface area contributed by atoms with E-state index in [4.69, 9.17) is 4.74 Å². The zero-order valence-corrected chi connectivity index (χ0v) is 13.4. The Balaban J connectivity index is 1.93. The average molecular weight is 342 g/mol. The van der Waals surface area contributed by atoms with Crippen LogP contribution < -0.4 is 10.1 Å². The van der Waals surface area contributed by atoms with Crippen LogP contribution in [0.1, 0.15) is 5.56 Å². The fourth-order valence-corrected chi connectivity index (χ4v) is 2.83. The third-order valence-corrected chi connectivity index (χ3v) is 4.11. The molecule has 106 valence electrons. The monoisotopic (exact) mass is 341 g/mol. The molecule has 0 aliphatic carbocycles. The summed E-state index contributed by atoms with van der Waals surface area (Å²) in [6.45, 7) is 0.829. The third kappa shape index (κ3) is 3.09. The maximum absolute atomic E-state index is 6.06. The van der Waals surface area contributed by atoms with Crippen LogP contribution in [0.15, 0.2) is 65.1 Å². The normalized spacial score (nSPS) is 10.8. The van der Waals surface area contributed by atoms with Gasteiger partial charge in [-0.1, -0.05) is 58.4 Å². The molecule has 0 atom stereocenters. The molecule has 0 unspecified atom stereocenters. The molecule has 21 heavy (non-hydrogen) atoms. The summed E-state index contributed by atoms with van der Waals surface area (Å²) >= 11 is 3.59. The van der Waals surface area contributed by atoms with Crippen molar-refractivity contribution in [2.24, 2.45) is 0 Å². The predicted molar refractivity (Wildman–Crippen MR) is 90.9 cm³/mol. The molecule has 0 saturated carbocycles. The van der Waals surface area contributed by atoms with Crippen molar-refractivity contribution in [2.45, 2.75) is 6.54 Å². The second-order valence-electron chi connectivity index (χ2n) is 4.86. The minimum atomic E-state index is 0.829. The van der Waals surface area contributed by atoms with E-state index >= 15 is 0 Å². The van der Waals surface area contributed by atoms with Gasteiger partial charge in [-0.25, -0.2) is 0 Å². The Morgan fingerprint density at radius 2 is 1.81 bits per heavy atom. The lowest BCUT2D eigenvalue weighted by Crippen LogP contribution is -2.05. The number of nitrogens with one attached hydrogen (secondary N) is 1. The highest BCUT2D eigenvalue weighted by molar-refractivity contribution is 9.10. The lowest BCUT2D eigenvalue weighted by atomic mass is 10.1. The second kappa shape index (κ2) is 6.29. The van der Waals surface area contributed by atoms with Crippen LogP contribution >= 0.6 is 15.9 Å². The first-order valence-corrected chi connectivity index (χ1v) is 7.66. The van der Waals surface area contributed by atoms with Gasteiger partial charge in [0.25, 0.3) is 0 Å². The van der Waals surface area contributed by atoms with Crippen LogP contribution in [-0.2, 0) is 6.54 Å². The van der Waals surface area contributed by atoms with Crippen LogP contribution in [0, 0.1) is 0 Å². The van der Waals surface area contributed by atoms with E-state index in [2.05, 4.69) is 45.5 Å². The van der Waals surface area contributed by atoms with E-state index in [-0.39, 0.29) is 0 Å². The Morgan fingerprint density at radius 1 is 1.00 bits per heavy atom. The standard InChI is InChI=1S/C18H16BrNO/c1-20-12-14-9-10-15(11-17(14)19)21-18-8-4-6-13-5-2-3-7-16(13)18/h2-11,20H,12H2,1H3. The fraction of sp³-hybridized carbons (Fsp3) is 0.111. The molecule has 3 aromatic carbocycles. The molecule has 3 aromatic rings. The second-order valence-corrected chi connectivity index (χ2v) is 5.72. The molecular formula is C18H16BrNO. The molecule has 0 saturated heterocycles. The van der Waals surface area contributed by atoms with Crippen LogP contribution in [0.25, 0.3) is 10.8 Å². The molecule has 0 heterocycles. The smallest absolute Gasteiger partial charge is 0.135 e. The molecule has 0 spiro atoms. The highest BCUT2D eigenvalue weighted by atomic mass is 79.9. The number of hydrogen-bond donors (Lipinski definition) is 1. The van der Waals surface area contributed by atoms with Crippen LogP contribution in [-0.4, -0.2) is 7.05 Å². The molecule has 3 rings (SSSR count). The number of ether oxygens (including phenoxy) is 1. The highest BCUT2D eigenvalue weighted by Crippen LogP contribution is 2.31. The summed E-state index contributed by atoms with van der Waals surface area (Å²) in [5, 5.41) is 5.45. The maximum Gasteiger partial charge on any atom is 0.135 e. The SMILES string of the molecule is CNCc1ccc(Oc2cccc3ccccc23)cc1Br. The lowest BCUT2D eigenvalue weighted by Gasteiger charge is -2.11. The van der Waals surface area contributed by atoms with Gasteiger partial charge in [-0.15, -0.1) is 0 Å². The van der Waals surface area contributed by atoms with Gasteiger partial charge in [0.15, 0.2) is 0 Å². The Morgan fingerprint density at radius 3 is 2.62 bits per heavy atom. The van der Waals surface area contributed by atoms with Gasteiger partial charge in [-0.2, -0.15) is 0 Å². The molecule has 0 aliphatic rings. The Hall–Kier alpha value is -1.84. The molecular weight excluding hydrogens is 326 g/mol. The quantitative estimate of drug-likeness (QED) is 0.711. The van der Waals surface area contributed by atoms with Crippen LogP contribution in [0.4, 0.5) is 0 Å². The summed E-state index contributed by atoms with van der Waals surface area (Å²) in [6.07, 6.45) is 0. The average Bonchev–Trinajstić information content (AvgIpc) is 2.51. The van der Waals surface area contributed by atoms with E-state index in [0.29, 0.717) is 0 Å². The first kappa shape index (κ1) is 14.1. The summed E-state index contributed by atoms with van der Waals surface area (Å²) in [7, 11) is 1.94. The Bertz CT molecular complexity index is 765. The summed E-state index contributed by atoms with van der Waals surface area (Å²) in [6, 6.07) is 20.4. The molecule has 0 bridgehead atoms.